The largest absolute Gasteiger partial charge is 0.0755 e. The number of allylic oxidation sites excluding steroid dienone is 4. The maximum absolute atomic E-state index is 2.47. The lowest BCUT2D eigenvalue weighted by molar-refractivity contribution is 0.470. The van der Waals surface area contributed by atoms with Gasteiger partial charge in [-0.15, -0.1) is 0 Å². The first-order chi connectivity index (χ1) is 12.8. The van der Waals surface area contributed by atoms with E-state index in [4.69, 9.17) is 0 Å². The number of hydrogen-bond acceptors (Lipinski definition) is 0. The highest BCUT2D eigenvalue weighted by molar-refractivity contribution is 5.76. The quantitative estimate of drug-likeness (QED) is 0.465. The summed E-state index contributed by atoms with van der Waals surface area (Å²) in [7, 11) is 0. The topological polar surface area (TPSA) is 0 Å². The number of unbranched alkanes of at least 4 members (excludes halogenated alkanes) is 2. The summed E-state index contributed by atoms with van der Waals surface area (Å²) >= 11 is 0. The lowest BCUT2D eigenvalue weighted by Gasteiger charge is -2.33. The Balaban J connectivity index is 1.78. The molecule has 0 fully saturated rings. The molecule has 0 spiro atoms. The molecule has 2 aromatic carbocycles. The third kappa shape index (κ3) is 4.36. The van der Waals surface area contributed by atoms with Crippen molar-refractivity contribution in [3.8, 4) is 0 Å². The first kappa shape index (κ1) is 18.7. The second kappa shape index (κ2) is 9.03. The van der Waals surface area contributed by atoms with Crippen molar-refractivity contribution in [2.45, 2.75) is 64.2 Å². The van der Waals surface area contributed by atoms with E-state index in [1.807, 2.05) is 0 Å². The second-order valence-electron chi connectivity index (χ2n) is 7.62. The first-order valence-electron chi connectivity index (χ1n) is 10.3. The average molecular weight is 345 g/mol. The summed E-state index contributed by atoms with van der Waals surface area (Å²) in [5.74, 6) is 0. The van der Waals surface area contributed by atoms with Crippen molar-refractivity contribution in [2.75, 3.05) is 0 Å². The first-order valence-corrected chi connectivity index (χ1v) is 10.3. The van der Waals surface area contributed by atoms with Crippen molar-refractivity contribution in [1.29, 1.82) is 0 Å². The molecule has 0 bridgehead atoms. The lowest BCUT2D eigenvalue weighted by Crippen LogP contribution is -2.24. The predicted octanol–water partition coefficient (Wildman–Crippen LogP) is 7.50. The normalized spacial score (nSPS) is 19.4. The zero-order valence-electron chi connectivity index (χ0n) is 16.4. The van der Waals surface area contributed by atoms with Crippen molar-refractivity contribution in [1.82, 2.24) is 0 Å². The van der Waals surface area contributed by atoms with Crippen LogP contribution >= 0.6 is 0 Å². The molecule has 0 nitrogen and oxygen atoms in total. The molecule has 0 saturated carbocycles. The summed E-state index contributed by atoms with van der Waals surface area (Å²) in [6, 6.07) is 20.2. The second-order valence-corrected chi connectivity index (χ2v) is 7.62. The van der Waals surface area contributed by atoms with Gasteiger partial charge in [0.1, 0.15) is 0 Å². The van der Waals surface area contributed by atoms with Crippen LogP contribution in [0, 0.1) is 0 Å². The third-order valence-electron chi connectivity index (χ3n) is 5.70. The van der Waals surface area contributed by atoms with Crippen LogP contribution in [0.5, 0.6) is 0 Å². The van der Waals surface area contributed by atoms with Crippen molar-refractivity contribution in [3.63, 3.8) is 0 Å². The van der Waals surface area contributed by atoms with Crippen LogP contribution < -0.4 is 0 Å². The number of aryl methyl sites for hydroxylation is 1. The highest BCUT2D eigenvalue weighted by Gasteiger charge is 2.29. The Morgan fingerprint density at radius 1 is 0.846 bits per heavy atom. The maximum Gasteiger partial charge on any atom is 0.0170 e. The van der Waals surface area contributed by atoms with Crippen LogP contribution in [0.2, 0.25) is 0 Å². The van der Waals surface area contributed by atoms with Gasteiger partial charge in [0, 0.05) is 5.41 Å². The number of hydrogen-bond donors (Lipinski definition) is 0. The van der Waals surface area contributed by atoms with Crippen molar-refractivity contribution < 1.29 is 0 Å². The van der Waals surface area contributed by atoms with Crippen LogP contribution in [0.3, 0.4) is 0 Å². The van der Waals surface area contributed by atoms with Crippen molar-refractivity contribution in [3.05, 3.63) is 89.5 Å². The SMILES string of the molecule is CCCCc1ccc(C2=CCC(CCCC)(c3ccccc3)C=C2)cc1. The Labute approximate surface area is 159 Å². The lowest BCUT2D eigenvalue weighted by atomic mass is 9.70. The molecule has 2 aromatic rings. The number of rotatable bonds is 8. The van der Waals surface area contributed by atoms with E-state index in [0.29, 0.717) is 0 Å². The van der Waals surface area contributed by atoms with Gasteiger partial charge in [-0.05, 0) is 47.9 Å². The maximum atomic E-state index is 2.47. The van der Waals surface area contributed by atoms with E-state index >= 15 is 0 Å². The minimum atomic E-state index is 0.168. The van der Waals surface area contributed by atoms with Crippen molar-refractivity contribution >= 4 is 5.57 Å². The van der Waals surface area contributed by atoms with E-state index in [0.717, 1.165) is 6.42 Å². The molecule has 3 rings (SSSR count). The van der Waals surface area contributed by atoms with Crippen LogP contribution in [0.25, 0.3) is 5.57 Å². The van der Waals surface area contributed by atoms with Gasteiger partial charge >= 0.3 is 0 Å². The molecule has 0 heteroatoms. The summed E-state index contributed by atoms with van der Waals surface area (Å²) in [5.41, 5.74) is 5.79. The standard InChI is InChI=1S/C26H32/c1-3-5-10-22-13-15-23(16-14-22)24-17-20-26(21-18-24,19-6-4-2)25-11-8-7-9-12-25/h7-9,11-18,20H,3-6,10,19,21H2,1-2H3. The molecule has 1 atom stereocenters. The van der Waals surface area contributed by atoms with Crippen LogP contribution in [0.4, 0.5) is 0 Å². The molecule has 0 N–H and O–H groups in total. The van der Waals surface area contributed by atoms with Gasteiger partial charge in [-0.25, -0.2) is 0 Å². The smallest absolute Gasteiger partial charge is 0.0170 e. The monoisotopic (exact) mass is 344 g/mol. The van der Waals surface area contributed by atoms with E-state index in [-0.39, 0.29) is 5.41 Å². The van der Waals surface area contributed by atoms with Crippen molar-refractivity contribution in [2.24, 2.45) is 0 Å². The minimum absolute atomic E-state index is 0.168. The zero-order valence-corrected chi connectivity index (χ0v) is 16.4. The fourth-order valence-corrected chi connectivity index (χ4v) is 3.94. The van der Waals surface area contributed by atoms with Gasteiger partial charge in [0.15, 0.2) is 0 Å². The fourth-order valence-electron chi connectivity index (χ4n) is 3.94. The summed E-state index contributed by atoms with van der Waals surface area (Å²) in [6.07, 6.45) is 15.8. The Bertz CT molecular complexity index is 733. The van der Waals surface area contributed by atoms with Gasteiger partial charge in [0.2, 0.25) is 0 Å². The molecule has 0 aromatic heterocycles. The van der Waals surface area contributed by atoms with E-state index in [9.17, 15) is 0 Å². The van der Waals surface area contributed by atoms with Gasteiger partial charge in [-0.2, -0.15) is 0 Å². The van der Waals surface area contributed by atoms with Gasteiger partial charge in [0.05, 0.1) is 0 Å². The van der Waals surface area contributed by atoms with E-state index < -0.39 is 0 Å². The zero-order chi connectivity index (χ0) is 18.2. The van der Waals surface area contributed by atoms with E-state index in [2.05, 4.69) is 86.7 Å². The van der Waals surface area contributed by atoms with Crippen LogP contribution in [-0.4, -0.2) is 0 Å². The van der Waals surface area contributed by atoms with Gasteiger partial charge < -0.3 is 0 Å². The summed E-state index contributed by atoms with van der Waals surface area (Å²) in [6.45, 7) is 4.54. The van der Waals surface area contributed by atoms with Gasteiger partial charge in [-0.1, -0.05) is 106 Å². The Morgan fingerprint density at radius 2 is 1.58 bits per heavy atom. The highest BCUT2D eigenvalue weighted by atomic mass is 14.3. The Hall–Kier alpha value is -2.08. The summed E-state index contributed by atoms with van der Waals surface area (Å²) in [4.78, 5) is 0. The van der Waals surface area contributed by atoms with Crippen LogP contribution in [0.15, 0.2) is 72.8 Å². The molecule has 0 amide bonds. The van der Waals surface area contributed by atoms with Gasteiger partial charge in [0.25, 0.3) is 0 Å². The molecule has 0 saturated heterocycles. The van der Waals surface area contributed by atoms with Crippen LogP contribution in [-0.2, 0) is 11.8 Å². The molecule has 1 aliphatic carbocycles. The highest BCUT2D eigenvalue weighted by Crippen LogP contribution is 2.40. The number of benzene rings is 2. The fraction of sp³-hybridized carbons (Fsp3) is 0.385. The molecule has 136 valence electrons. The molecule has 1 unspecified atom stereocenters. The molecule has 1 aliphatic rings. The molecule has 0 aliphatic heterocycles. The molecular weight excluding hydrogens is 312 g/mol. The van der Waals surface area contributed by atoms with Crippen LogP contribution in [0.1, 0.15) is 69.1 Å². The Morgan fingerprint density at radius 3 is 2.19 bits per heavy atom. The third-order valence-corrected chi connectivity index (χ3v) is 5.70. The molecular formula is C26H32. The predicted molar refractivity (Wildman–Crippen MR) is 114 cm³/mol. The van der Waals surface area contributed by atoms with Gasteiger partial charge in [-0.3, -0.25) is 0 Å². The molecule has 26 heavy (non-hydrogen) atoms. The van der Waals surface area contributed by atoms with E-state index in [1.54, 1.807) is 0 Å². The molecule has 0 radical (unpaired) electrons. The average Bonchev–Trinajstić information content (AvgIpc) is 2.72. The Kier molecular flexibility index (Phi) is 6.50. The summed E-state index contributed by atoms with van der Waals surface area (Å²) < 4.78 is 0. The molecule has 0 heterocycles. The van der Waals surface area contributed by atoms with E-state index in [1.165, 1.54) is 60.8 Å². The summed E-state index contributed by atoms with van der Waals surface area (Å²) in [5, 5.41) is 0. The minimum Gasteiger partial charge on any atom is -0.0755 e.